The Hall–Kier alpha value is -3.59. The number of nitrogens with zero attached hydrogens (tertiary/aromatic N) is 3. The average Bonchev–Trinajstić information content (AvgIpc) is 3.35. The van der Waals surface area contributed by atoms with Gasteiger partial charge in [0.15, 0.2) is 0 Å². The Labute approximate surface area is 206 Å². The van der Waals surface area contributed by atoms with Gasteiger partial charge in [-0.25, -0.2) is 9.80 Å². The number of nitrogens with one attached hydrogen (secondary N) is 1. The van der Waals surface area contributed by atoms with Gasteiger partial charge in [0.05, 0.1) is 32.6 Å². The van der Waals surface area contributed by atoms with Gasteiger partial charge in [-0.15, -0.1) is 0 Å². The first-order valence-electron chi connectivity index (χ1n) is 11.7. The summed E-state index contributed by atoms with van der Waals surface area (Å²) in [6, 6.07) is 14.5. The fourth-order valence-electron chi connectivity index (χ4n) is 3.92. The Morgan fingerprint density at radius 3 is 2.49 bits per heavy atom. The molecule has 0 saturated carbocycles. The molecule has 0 spiro atoms. The second kappa shape index (κ2) is 12.8. The average molecular weight is 483 g/mol. The third kappa shape index (κ3) is 6.51. The molecule has 0 aromatic heterocycles. The van der Waals surface area contributed by atoms with E-state index >= 15 is 0 Å². The van der Waals surface area contributed by atoms with E-state index in [1.54, 1.807) is 21.3 Å². The Morgan fingerprint density at radius 1 is 1.09 bits per heavy atom. The smallest absolute Gasteiger partial charge is 0.317 e. The van der Waals surface area contributed by atoms with Crippen molar-refractivity contribution in [2.45, 2.75) is 25.8 Å². The molecule has 0 aliphatic carbocycles. The van der Waals surface area contributed by atoms with Crippen LogP contribution < -0.4 is 14.8 Å². The minimum atomic E-state index is -0.362. The molecule has 3 rings (SSSR count). The lowest BCUT2D eigenvalue weighted by molar-refractivity contribution is -0.133. The van der Waals surface area contributed by atoms with Gasteiger partial charge < -0.3 is 24.4 Å². The number of carbonyl (C=O) groups is 2. The number of benzene rings is 2. The molecule has 1 atom stereocenters. The van der Waals surface area contributed by atoms with Crippen molar-refractivity contribution in [2.75, 3.05) is 47.6 Å². The van der Waals surface area contributed by atoms with Gasteiger partial charge in [-0.3, -0.25) is 4.79 Å². The van der Waals surface area contributed by atoms with Crippen molar-refractivity contribution in [1.29, 1.82) is 0 Å². The van der Waals surface area contributed by atoms with Crippen molar-refractivity contribution in [3.05, 3.63) is 59.7 Å². The van der Waals surface area contributed by atoms with Crippen LogP contribution in [0.2, 0.25) is 0 Å². The quantitative estimate of drug-likeness (QED) is 0.530. The van der Waals surface area contributed by atoms with Gasteiger partial charge in [-0.05, 0) is 42.3 Å². The number of hydrogen-bond acceptors (Lipinski definition) is 6. The summed E-state index contributed by atoms with van der Waals surface area (Å²) in [7, 11) is 4.79. The Morgan fingerprint density at radius 2 is 1.83 bits per heavy atom. The summed E-state index contributed by atoms with van der Waals surface area (Å²) in [6.07, 6.45) is 1.31. The zero-order valence-corrected chi connectivity index (χ0v) is 20.8. The molecule has 2 aromatic rings. The van der Waals surface area contributed by atoms with Gasteiger partial charge in [-0.2, -0.15) is 5.10 Å². The Bertz CT molecular complexity index is 1020. The molecule has 3 amide bonds. The van der Waals surface area contributed by atoms with Crippen molar-refractivity contribution in [1.82, 2.24) is 15.2 Å². The zero-order valence-electron chi connectivity index (χ0n) is 20.8. The molecule has 35 heavy (non-hydrogen) atoms. The number of rotatable bonds is 11. The summed E-state index contributed by atoms with van der Waals surface area (Å²) in [4.78, 5) is 27.7. The highest BCUT2D eigenvalue weighted by molar-refractivity contribution is 6.03. The van der Waals surface area contributed by atoms with Crippen LogP contribution in [0.15, 0.2) is 53.6 Å². The molecule has 0 bridgehead atoms. The van der Waals surface area contributed by atoms with E-state index in [0.717, 1.165) is 29.0 Å². The van der Waals surface area contributed by atoms with E-state index in [1.807, 2.05) is 55.5 Å². The number of ether oxygens (including phenoxy) is 3. The third-order valence-corrected chi connectivity index (χ3v) is 5.79. The molecule has 1 aliphatic heterocycles. The molecule has 2 aromatic carbocycles. The van der Waals surface area contributed by atoms with E-state index in [1.165, 1.54) is 9.91 Å². The van der Waals surface area contributed by atoms with Gasteiger partial charge in [0, 0.05) is 32.2 Å². The predicted molar refractivity (Wildman–Crippen MR) is 134 cm³/mol. The summed E-state index contributed by atoms with van der Waals surface area (Å²) in [5.41, 5.74) is 2.53. The summed E-state index contributed by atoms with van der Waals surface area (Å²) < 4.78 is 16.0. The van der Waals surface area contributed by atoms with Crippen LogP contribution in [-0.2, 0) is 9.53 Å². The van der Waals surface area contributed by atoms with Gasteiger partial charge in [0.25, 0.3) is 5.91 Å². The van der Waals surface area contributed by atoms with E-state index in [2.05, 4.69) is 5.32 Å². The maximum absolute atomic E-state index is 13.6. The van der Waals surface area contributed by atoms with Gasteiger partial charge in [-0.1, -0.05) is 25.1 Å². The number of urea groups is 1. The van der Waals surface area contributed by atoms with Crippen LogP contribution in [0.3, 0.4) is 0 Å². The third-order valence-electron chi connectivity index (χ3n) is 5.79. The fourth-order valence-corrected chi connectivity index (χ4v) is 3.92. The summed E-state index contributed by atoms with van der Waals surface area (Å²) >= 11 is 0. The standard InChI is InChI=1S/C26H34N4O5/c1-5-14-27-26(32)29(15-16-33-2)18-25(31)30-23(21-8-6-7-9-24(21)35-4)17-22(28-30)19-10-12-20(34-3)13-11-19/h6-13,23H,5,14-18H2,1-4H3,(H,27,32)/t23-/m1/s1. The number of carbonyl (C=O) groups excluding carboxylic acids is 2. The minimum Gasteiger partial charge on any atom is -0.497 e. The lowest BCUT2D eigenvalue weighted by Gasteiger charge is -2.27. The highest BCUT2D eigenvalue weighted by atomic mass is 16.5. The topological polar surface area (TPSA) is 92.7 Å². The summed E-state index contributed by atoms with van der Waals surface area (Å²) in [5, 5.41) is 9.03. The molecule has 188 valence electrons. The molecule has 1 aliphatic rings. The van der Waals surface area contributed by atoms with Crippen LogP contribution in [0.1, 0.15) is 36.9 Å². The van der Waals surface area contributed by atoms with Crippen LogP contribution >= 0.6 is 0 Å². The maximum Gasteiger partial charge on any atom is 0.317 e. The zero-order chi connectivity index (χ0) is 25.2. The molecule has 9 heteroatoms. The van der Waals surface area contributed by atoms with E-state index in [-0.39, 0.29) is 24.5 Å². The molecule has 1 heterocycles. The van der Waals surface area contributed by atoms with E-state index in [4.69, 9.17) is 19.3 Å². The van der Waals surface area contributed by atoms with E-state index in [0.29, 0.717) is 31.9 Å². The lowest BCUT2D eigenvalue weighted by Crippen LogP contribution is -2.47. The molecule has 0 saturated heterocycles. The molecular formula is C26H34N4O5. The van der Waals surface area contributed by atoms with Crippen molar-refractivity contribution in [3.8, 4) is 11.5 Å². The SMILES string of the molecule is CCCNC(=O)N(CCOC)CC(=O)N1N=C(c2ccc(OC)cc2)C[C@@H]1c1ccccc1OC. The molecular weight excluding hydrogens is 448 g/mol. The number of methoxy groups -OCH3 is 3. The number of amides is 3. The molecule has 0 unspecified atom stereocenters. The second-order valence-corrected chi connectivity index (χ2v) is 8.12. The van der Waals surface area contributed by atoms with Gasteiger partial charge >= 0.3 is 6.03 Å². The first-order chi connectivity index (χ1) is 17.0. The summed E-state index contributed by atoms with van der Waals surface area (Å²) in [5.74, 6) is 1.14. The first kappa shape index (κ1) is 26.0. The fraction of sp³-hybridized carbons (Fsp3) is 0.423. The predicted octanol–water partition coefficient (Wildman–Crippen LogP) is 3.45. The van der Waals surface area contributed by atoms with E-state index < -0.39 is 0 Å². The molecule has 0 fully saturated rings. The Balaban J connectivity index is 1.91. The van der Waals surface area contributed by atoms with Crippen LogP contribution in [-0.4, -0.2) is 75.1 Å². The van der Waals surface area contributed by atoms with Crippen LogP contribution in [0.4, 0.5) is 4.79 Å². The van der Waals surface area contributed by atoms with Crippen molar-refractivity contribution in [2.24, 2.45) is 5.10 Å². The largest absolute Gasteiger partial charge is 0.497 e. The Kier molecular flexibility index (Phi) is 9.48. The highest BCUT2D eigenvalue weighted by Crippen LogP contribution is 2.37. The number of hydrogen-bond donors (Lipinski definition) is 1. The normalized spacial score (nSPS) is 14.9. The van der Waals surface area contributed by atoms with Gasteiger partial charge in [0.1, 0.15) is 18.0 Å². The van der Waals surface area contributed by atoms with Crippen molar-refractivity contribution < 1.29 is 23.8 Å². The van der Waals surface area contributed by atoms with Crippen LogP contribution in [0, 0.1) is 0 Å². The van der Waals surface area contributed by atoms with E-state index in [9.17, 15) is 9.59 Å². The minimum absolute atomic E-state index is 0.121. The van der Waals surface area contributed by atoms with Crippen LogP contribution in [0.5, 0.6) is 11.5 Å². The summed E-state index contributed by atoms with van der Waals surface area (Å²) in [6.45, 7) is 3.00. The number of hydrazone groups is 1. The maximum atomic E-state index is 13.6. The molecule has 9 nitrogen and oxygen atoms in total. The lowest BCUT2D eigenvalue weighted by atomic mass is 9.97. The first-order valence-corrected chi connectivity index (χ1v) is 11.7. The molecule has 0 radical (unpaired) electrons. The monoisotopic (exact) mass is 482 g/mol. The van der Waals surface area contributed by atoms with Crippen molar-refractivity contribution in [3.63, 3.8) is 0 Å². The number of para-hydroxylation sites is 1. The van der Waals surface area contributed by atoms with Crippen molar-refractivity contribution >= 4 is 17.6 Å². The highest BCUT2D eigenvalue weighted by Gasteiger charge is 2.35. The van der Waals surface area contributed by atoms with Gasteiger partial charge in [0.2, 0.25) is 0 Å². The second-order valence-electron chi connectivity index (χ2n) is 8.12. The molecule has 1 N–H and O–H groups in total. The van der Waals surface area contributed by atoms with Crippen LogP contribution in [0.25, 0.3) is 0 Å².